The van der Waals surface area contributed by atoms with Crippen molar-refractivity contribution in [2.75, 3.05) is 17.9 Å². The second kappa shape index (κ2) is 14.7. The third-order valence-corrected chi connectivity index (χ3v) is 9.86. The number of sulfonamides is 1. The van der Waals surface area contributed by atoms with Crippen LogP contribution in [0.3, 0.4) is 0 Å². The van der Waals surface area contributed by atoms with Gasteiger partial charge in [-0.1, -0.05) is 87.7 Å². The molecule has 4 aromatic rings. The third kappa shape index (κ3) is 8.48. The summed E-state index contributed by atoms with van der Waals surface area (Å²) < 4.78 is 71.1. The Morgan fingerprint density at radius 3 is 2.13 bits per heavy atom. The molecule has 0 aliphatic rings. The number of hydrogen-bond donors (Lipinski definition) is 1. The maximum atomic E-state index is 14.3. The summed E-state index contributed by atoms with van der Waals surface area (Å²) in [6, 6.07) is 23.2. The Morgan fingerprint density at radius 2 is 1.54 bits per heavy atom. The molecule has 0 aliphatic carbocycles. The van der Waals surface area contributed by atoms with Crippen LogP contribution in [0.5, 0.6) is 0 Å². The van der Waals surface area contributed by atoms with Crippen LogP contribution in [0, 0.1) is 6.92 Å². The molecule has 4 aromatic carbocycles. The van der Waals surface area contributed by atoms with Crippen LogP contribution in [0.1, 0.15) is 22.3 Å². The van der Waals surface area contributed by atoms with Crippen molar-refractivity contribution in [2.45, 2.75) is 37.0 Å². The maximum absolute atomic E-state index is 14.3. The quantitative estimate of drug-likeness (QED) is 0.180. The first-order valence-corrected chi connectivity index (χ1v) is 16.6. The highest BCUT2D eigenvalue weighted by Gasteiger charge is 2.37. The number of halogens is 5. The van der Waals surface area contributed by atoms with E-state index in [9.17, 15) is 31.2 Å². The summed E-state index contributed by atoms with van der Waals surface area (Å²) in [6.45, 7) is 0.746. The molecule has 0 spiro atoms. The van der Waals surface area contributed by atoms with Gasteiger partial charge in [0.05, 0.1) is 21.2 Å². The molecule has 4 rings (SSSR count). The number of nitrogens with zero attached hydrogens (tertiary/aromatic N) is 2. The predicted molar refractivity (Wildman–Crippen MR) is 175 cm³/mol. The van der Waals surface area contributed by atoms with E-state index in [1.54, 1.807) is 61.5 Å². The molecule has 7 nitrogen and oxygen atoms in total. The molecular formula is C33H30BrClF3N3O4S. The molecule has 0 saturated carbocycles. The van der Waals surface area contributed by atoms with Gasteiger partial charge in [-0.05, 0) is 60.5 Å². The van der Waals surface area contributed by atoms with E-state index in [1.807, 2.05) is 0 Å². The summed E-state index contributed by atoms with van der Waals surface area (Å²) in [5, 5.41) is 1.95. The highest BCUT2D eigenvalue weighted by atomic mass is 79.9. The first-order chi connectivity index (χ1) is 21.7. The minimum atomic E-state index is -4.90. The van der Waals surface area contributed by atoms with Crippen molar-refractivity contribution in [3.8, 4) is 0 Å². The Bertz CT molecular complexity index is 1790. The van der Waals surface area contributed by atoms with Crippen molar-refractivity contribution in [3.63, 3.8) is 0 Å². The van der Waals surface area contributed by atoms with Gasteiger partial charge >= 0.3 is 6.18 Å². The largest absolute Gasteiger partial charge is 0.417 e. The van der Waals surface area contributed by atoms with Gasteiger partial charge in [0.15, 0.2) is 0 Å². The van der Waals surface area contributed by atoms with Crippen molar-refractivity contribution in [1.29, 1.82) is 0 Å². The fourth-order valence-corrected chi connectivity index (χ4v) is 6.65. The van der Waals surface area contributed by atoms with E-state index in [4.69, 9.17) is 11.6 Å². The average molecular weight is 737 g/mol. The standard InChI is InChI=1S/C33H30BrClF3N3O4S/c1-22-8-15-27(16-9-22)46(44,45)41(26-14-17-29(35)28(19-26)33(36,37)38)21-31(42)40(20-24-10-12-25(34)13-11-24)30(32(43)39-2)18-23-6-4-3-5-7-23/h3-17,19,30H,18,20-21H2,1-2H3,(H,39,43)/t30-/m0/s1. The van der Waals surface area contributed by atoms with Gasteiger partial charge in [-0.3, -0.25) is 13.9 Å². The van der Waals surface area contributed by atoms with Crippen LogP contribution in [0.15, 0.2) is 106 Å². The molecule has 1 N–H and O–H groups in total. The summed E-state index contributed by atoms with van der Waals surface area (Å²) in [6.07, 6.45) is -4.81. The third-order valence-electron chi connectivity index (χ3n) is 7.21. The zero-order chi connectivity index (χ0) is 33.6. The minimum Gasteiger partial charge on any atom is -0.357 e. The minimum absolute atomic E-state index is 0.0899. The first-order valence-electron chi connectivity index (χ1n) is 14.0. The van der Waals surface area contributed by atoms with Gasteiger partial charge in [-0.25, -0.2) is 8.42 Å². The monoisotopic (exact) mass is 735 g/mol. The second-order valence-electron chi connectivity index (χ2n) is 10.5. The molecule has 0 unspecified atom stereocenters. The lowest BCUT2D eigenvalue weighted by Crippen LogP contribution is -2.53. The SMILES string of the molecule is CNC(=O)[C@H](Cc1ccccc1)N(Cc1ccc(Br)cc1)C(=O)CN(c1ccc(Cl)c(C(F)(F)F)c1)S(=O)(=O)c1ccc(C)cc1. The number of likely N-dealkylation sites (N-methyl/N-ethyl adjacent to an activating group) is 1. The number of anilines is 1. The molecular weight excluding hydrogens is 707 g/mol. The van der Waals surface area contributed by atoms with Crippen LogP contribution in [0.25, 0.3) is 0 Å². The van der Waals surface area contributed by atoms with Crippen LogP contribution < -0.4 is 9.62 Å². The highest BCUT2D eigenvalue weighted by molar-refractivity contribution is 9.10. The van der Waals surface area contributed by atoms with Crippen LogP contribution in [0.4, 0.5) is 18.9 Å². The number of alkyl halides is 3. The van der Waals surface area contributed by atoms with E-state index in [-0.39, 0.29) is 17.9 Å². The fourth-order valence-electron chi connectivity index (χ4n) is 4.76. The number of rotatable bonds is 11. The van der Waals surface area contributed by atoms with E-state index in [0.29, 0.717) is 15.9 Å². The number of benzene rings is 4. The average Bonchev–Trinajstić information content (AvgIpc) is 3.02. The maximum Gasteiger partial charge on any atom is 0.417 e. The van der Waals surface area contributed by atoms with Gasteiger partial charge in [-0.2, -0.15) is 13.2 Å². The Kier molecular flexibility index (Phi) is 11.2. The van der Waals surface area contributed by atoms with Crippen LogP contribution in [0.2, 0.25) is 5.02 Å². The molecule has 46 heavy (non-hydrogen) atoms. The lowest BCUT2D eigenvalue weighted by molar-refractivity contribution is -0.139. The summed E-state index contributed by atoms with van der Waals surface area (Å²) in [5.41, 5.74) is 0.442. The van der Waals surface area contributed by atoms with E-state index in [0.717, 1.165) is 27.7 Å². The Morgan fingerprint density at radius 1 is 0.913 bits per heavy atom. The molecule has 0 heterocycles. The van der Waals surface area contributed by atoms with Gasteiger partial charge in [0.2, 0.25) is 11.8 Å². The number of carbonyl (C=O) groups excluding carboxylic acids is 2. The zero-order valence-electron chi connectivity index (χ0n) is 24.8. The number of aryl methyl sites for hydroxylation is 1. The molecule has 0 fully saturated rings. The van der Waals surface area contributed by atoms with E-state index >= 15 is 0 Å². The van der Waals surface area contributed by atoms with Crippen LogP contribution in [-0.4, -0.2) is 44.8 Å². The van der Waals surface area contributed by atoms with Crippen molar-refractivity contribution in [1.82, 2.24) is 10.2 Å². The van der Waals surface area contributed by atoms with Gasteiger partial charge in [0.25, 0.3) is 10.0 Å². The zero-order valence-corrected chi connectivity index (χ0v) is 27.9. The number of amides is 2. The Balaban J connectivity index is 1.84. The number of nitrogens with one attached hydrogen (secondary N) is 1. The molecule has 242 valence electrons. The van der Waals surface area contributed by atoms with E-state index < -0.39 is 56.9 Å². The number of carbonyl (C=O) groups is 2. The topological polar surface area (TPSA) is 86.8 Å². The first kappa shape index (κ1) is 35.0. The van der Waals surface area contributed by atoms with Crippen molar-refractivity contribution >= 4 is 55.1 Å². The number of hydrogen-bond acceptors (Lipinski definition) is 4. The molecule has 13 heteroatoms. The molecule has 0 aromatic heterocycles. The van der Waals surface area contributed by atoms with Crippen molar-refractivity contribution in [3.05, 3.63) is 129 Å². The fraction of sp³-hybridized carbons (Fsp3) is 0.212. The molecule has 0 aliphatic heterocycles. The second-order valence-corrected chi connectivity index (χ2v) is 13.6. The van der Waals surface area contributed by atoms with Crippen molar-refractivity contribution < 1.29 is 31.2 Å². The molecule has 2 amide bonds. The lowest BCUT2D eigenvalue weighted by Gasteiger charge is -2.33. The molecule has 1 atom stereocenters. The smallest absolute Gasteiger partial charge is 0.357 e. The predicted octanol–water partition coefficient (Wildman–Crippen LogP) is 7.01. The van der Waals surface area contributed by atoms with E-state index in [2.05, 4.69) is 21.2 Å². The van der Waals surface area contributed by atoms with Gasteiger partial charge in [0, 0.05) is 24.5 Å². The normalized spacial score (nSPS) is 12.3. The Hall–Kier alpha value is -3.87. The highest BCUT2D eigenvalue weighted by Crippen LogP contribution is 2.38. The Labute approximate surface area is 279 Å². The van der Waals surface area contributed by atoms with Crippen LogP contribution >= 0.6 is 27.5 Å². The molecule has 0 radical (unpaired) electrons. The van der Waals surface area contributed by atoms with Crippen molar-refractivity contribution in [2.24, 2.45) is 0 Å². The summed E-state index contributed by atoms with van der Waals surface area (Å²) >= 11 is 9.22. The van der Waals surface area contributed by atoms with Gasteiger partial charge in [0.1, 0.15) is 12.6 Å². The lowest BCUT2D eigenvalue weighted by atomic mass is 10.0. The van der Waals surface area contributed by atoms with E-state index in [1.165, 1.54) is 36.2 Å². The molecule has 0 saturated heterocycles. The summed E-state index contributed by atoms with van der Waals surface area (Å²) in [7, 11) is -3.18. The summed E-state index contributed by atoms with van der Waals surface area (Å²) in [4.78, 5) is 28.6. The van der Waals surface area contributed by atoms with Gasteiger partial charge < -0.3 is 10.2 Å². The summed E-state index contributed by atoms with van der Waals surface area (Å²) in [5.74, 6) is -1.32. The molecule has 0 bridgehead atoms. The van der Waals surface area contributed by atoms with Gasteiger partial charge in [-0.15, -0.1) is 0 Å². The van der Waals surface area contributed by atoms with Crippen LogP contribution in [-0.2, 0) is 38.8 Å².